The van der Waals surface area contributed by atoms with Crippen molar-refractivity contribution in [2.75, 3.05) is 5.32 Å². The van der Waals surface area contributed by atoms with Crippen molar-refractivity contribution in [2.24, 2.45) is 0 Å². The molecule has 0 saturated carbocycles. The molecule has 1 N–H and O–H groups in total. The van der Waals surface area contributed by atoms with E-state index in [2.05, 4.69) is 26.2 Å². The van der Waals surface area contributed by atoms with Gasteiger partial charge in [-0.1, -0.05) is 11.6 Å². The second-order valence-electron chi connectivity index (χ2n) is 3.78. The topological polar surface area (TPSA) is 24.9 Å². The Labute approximate surface area is 114 Å². The highest BCUT2D eigenvalue weighted by Gasteiger charge is 1.99. The van der Waals surface area contributed by atoms with Crippen molar-refractivity contribution < 1.29 is 0 Å². The van der Waals surface area contributed by atoms with Crippen LogP contribution in [0.2, 0.25) is 5.02 Å². The van der Waals surface area contributed by atoms with Crippen LogP contribution >= 0.6 is 27.5 Å². The van der Waals surface area contributed by atoms with E-state index in [9.17, 15) is 0 Å². The second kappa shape index (κ2) is 5.52. The van der Waals surface area contributed by atoms with E-state index in [1.165, 1.54) is 0 Å². The molecule has 4 heteroatoms. The molecular formula is C13H12BrClN2. The molecule has 2 aromatic rings. The van der Waals surface area contributed by atoms with Gasteiger partial charge in [0, 0.05) is 21.4 Å². The van der Waals surface area contributed by atoms with Crippen LogP contribution in [0, 0.1) is 6.92 Å². The third-order valence-corrected chi connectivity index (χ3v) is 3.14. The molecule has 2 rings (SSSR count). The summed E-state index contributed by atoms with van der Waals surface area (Å²) >= 11 is 9.27. The van der Waals surface area contributed by atoms with Crippen LogP contribution < -0.4 is 5.32 Å². The fraction of sp³-hybridized carbons (Fsp3) is 0.154. The van der Waals surface area contributed by atoms with Gasteiger partial charge in [-0.05, 0) is 58.7 Å². The van der Waals surface area contributed by atoms with Crippen LogP contribution in [0.25, 0.3) is 0 Å². The molecular weight excluding hydrogens is 300 g/mol. The van der Waals surface area contributed by atoms with Gasteiger partial charge in [0.25, 0.3) is 0 Å². The third kappa shape index (κ3) is 3.45. The first-order valence-corrected chi connectivity index (χ1v) is 6.43. The molecule has 1 aromatic heterocycles. The Morgan fingerprint density at radius 3 is 2.76 bits per heavy atom. The Hall–Kier alpha value is -1.06. The number of aryl methyl sites for hydroxylation is 1. The van der Waals surface area contributed by atoms with Gasteiger partial charge in [-0.3, -0.25) is 4.98 Å². The van der Waals surface area contributed by atoms with Gasteiger partial charge >= 0.3 is 0 Å². The molecule has 1 aromatic carbocycles. The Morgan fingerprint density at radius 2 is 2.12 bits per heavy atom. The molecule has 0 saturated heterocycles. The van der Waals surface area contributed by atoms with Crippen molar-refractivity contribution in [3.05, 3.63) is 57.3 Å². The first-order chi connectivity index (χ1) is 8.15. The summed E-state index contributed by atoms with van der Waals surface area (Å²) in [7, 11) is 0. The van der Waals surface area contributed by atoms with Gasteiger partial charge in [-0.15, -0.1) is 0 Å². The zero-order chi connectivity index (χ0) is 12.3. The SMILES string of the molecule is Cc1cc(Cl)ccc1NCc1ccc(Br)cn1. The van der Waals surface area contributed by atoms with Gasteiger partial charge < -0.3 is 5.32 Å². The maximum absolute atomic E-state index is 5.91. The average Bonchev–Trinajstić information content (AvgIpc) is 2.30. The number of hydrogen-bond donors (Lipinski definition) is 1. The summed E-state index contributed by atoms with van der Waals surface area (Å²) in [5.41, 5.74) is 3.22. The fourth-order valence-electron chi connectivity index (χ4n) is 1.52. The summed E-state index contributed by atoms with van der Waals surface area (Å²) in [5.74, 6) is 0. The Bertz CT molecular complexity index is 511. The smallest absolute Gasteiger partial charge is 0.0595 e. The lowest BCUT2D eigenvalue weighted by atomic mass is 10.2. The number of rotatable bonds is 3. The second-order valence-corrected chi connectivity index (χ2v) is 5.13. The average molecular weight is 312 g/mol. The Kier molecular flexibility index (Phi) is 4.02. The van der Waals surface area contributed by atoms with Gasteiger partial charge in [-0.25, -0.2) is 0 Å². The van der Waals surface area contributed by atoms with E-state index in [-0.39, 0.29) is 0 Å². The lowest BCUT2D eigenvalue weighted by molar-refractivity contribution is 1.04. The summed E-state index contributed by atoms with van der Waals surface area (Å²) in [4.78, 5) is 4.31. The molecule has 0 atom stereocenters. The zero-order valence-corrected chi connectivity index (χ0v) is 11.7. The largest absolute Gasteiger partial charge is 0.379 e. The summed E-state index contributed by atoms with van der Waals surface area (Å²) in [6, 6.07) is 9.78. The monoisotopic (exact) mass is 310 g/mol. The third-order valence-electron chi connectivity index (χ3n) is 2.44. The minimum Gasteiger partial charge on any atom is -0.379 e. The lowest BCUT2D eigenvalue weighted by Crippen LogP contribution is -2.02. The number of nitrogens with zero attached hydrogens (tertiary/aromatic N) is 1. The molecule has 0 unspecified atom stereocenters. The van der Waals surface area contributed by atoms with Crippen molar-refractivity contribution in [2.45, 2.75) is 13.5 Å². The highest BCUT2D eigenvalue weighted by Crippen LogP contribution is 2.20. The maximum atomic E-state index is 5.91. The van der Waals surface area contributed by atoms with Crippen LogP contribution in [-0.4, -0.2) is 4.98 Å². The predicted molar refractivity (Wildman–Crippen MR) is 75.5 cm³/mol. The lowest BCUT2D eigenvalue weighted by Gasteiger charge is -2.09. The molecule has 0 fully saturated rings. The van der Waals surface area contributed by atoms with Crippen LogP contribution in [0.4, 0.5) is 5.69 Å². The predicted octanol–water partition coefficient (Wildman–Crippen LogP) is 4.42. The number of benzene rings is 1. The zero-order valence-electron chi connectivity index (χ0n) is 9.37. The molecule has 0 aliphatic heterocycles. The van der Waals surface area contributed by atoms with Crippen LogP contribution in [0.15, 0.2) is 41.0 Å². The molecule has 0 bridgehead atoms. The van der Waals surface area contributed by atoms with Crippen molar-refractivity contribution in [1.29, 1.82) is 0 Å². The molecule has 88 valence electrons. The molecule has 0 spiro atoms. The minimum atomic E-state index is 0.704. The molecule has 0 amide bonds. The normalized spacial score (nSPS) is 10.3. The fourth-order valence-corrected chi connectivity index (χ4v) is 1.98. The summed E-state index contributed by atoms with van der Waals surface area (Å²) in [5, 5.41) is 4.10. The number of hydrogen-bond acceptors (Lipinski definition) is 2. The Balaban J connectivity index is 2.04. The van der Waals surface area contributed by atoms with E-state index in [1.807, 2.05) is 37.3 Å². The highest BCUT2D eigenvalue weighted by molar-refractivity contribution is 9.10. The number of anilines is 1. The maximum Gasteiger partial charge on any atom is 0.0595 e. The van der Waals surface area contributed by atoms with E-state index >= 15 is 0 Å². The van der Waals surface area contributed by atoms with Gasteiger partial charge in [0.2, 0.25) is 0 Å². The summed E-state index contributed by atoms with van der Waals surface area (Å²) < 4.78 is 0.990. The number of aromatic nitrogens is 1. The van der Waals surface area contributed by atoms with Crippen LogP contribution in [0.5, 0.6) is 0 Å². The van der Waals surface area contributed by atoms with Crippen molar-refractivity contribution in [3.63, 3.8) is 0 Å². The first-order valence-electron chi connectivity index (χ1n) is 5.25. The number of halogens is 2. The van der Waals surface area contributed by atoms with E-state index in [0.29, 0.717) is 6.54 Å². The molecule has 2 nitrogen and oxygen atoms in total. The summed E-state index contributed by atoms with van der Waals surface area (Å²) in [6.07, 6.45) is 1.80. The van der Waals surface area contributed by atoms with E-state index in [1.54, 1.807) is 6.20 Å². The molecule has 0 aliphatic rings. The van der Waals surface area contributed by atoms with Crippen molar-refractivity contribution in [3.8, 4) is 0 Å². The first kappa shape index (κ1) is 12.4. The van der Waals surface area contributed by atoms with Crippen molar-refractivity contribution >= 4 is 33.2 Å². The number of pyridine rings is 1. The van der Waals surface area contributed by atoms with Crippen LogP contribution in [0.3, 0.4) is 0 Å². The minimum absolute atomic E-state index is 0.704. The van der Waals surface area contributed by atoms with E-state index in [4.69, 9.17) is 11.6 Å². The molecule has 0 aliphatic carbocycles. The van der Waals surface area contributed by atoms with E-state index in [0.717, 1.165) is 26.4 Å². The standard InChI is InChI=1S/C13H12BrClN2/c1-9-6-11(15)3-5-13(9)17-8-12-4-2-10(14)7-16-12/h2-7,17H,8H2,1H3. The molecule has 17 heavy (non-hydrogen) atoms. The van der Waals surface area contributed by atoms with Gasteiger partial charge in [-0.2, -0.15) is 0 Å². The highest BCUT2D eigenvalue weighted by atomic mass is 79.9. The van der Waals surface area contributed by atoms with Gasteiger partial charge in [0.05, 0.1) is 12.2 Å². The van der Waals surface area contributed by atoms with Crippen LogP contribution in [-0.2, 0) is 6.54 Å². The molecule has 0 radical (unpaired) electrons. The Morgan fingerprint density at radius 1 is 1.29 bits per heavy atom. The molecule has 1 heterocycles. The van der Waals surface area contributed by atoms with Gasteiger partial charge in [0.15, 0.2) is 0 Å². The van der Waals surface area contributed by atoms with Crippen LogP contribution in [0.1, 0.15) is 11.3 Å². The quantitative estimate of drug-likeness (QED) is 0.907. The van der Waals surface area contributed by atoms with Crippen molar-refractivity contribution in [1.82, 2.24) is 4.98 Å². The summed E-state index contributed by atoms with van der Waals surface area (Å²) in [6.45, 7) is 2.74. The van der Waals surface area contributed by atoms with E-state index < -0.39 is 0 Å². The van der Waals surface area contributed by atoms with Gasteiger partial charge in [0.1, 0.15) is 0 Å². The number of nitrogens with one attached hydrogen (secondary N) is 1.